The lowest BCUT2D eigenvalue weighted by molar-refractivity contribution is 0.0911. The van der Waals surface area contributed by atoms with Crippen molar-refractivity contribution in [2.45, 2.75) is 102 Å². The average molecular weight is 373 g/mol. The standard InChI is InChI=1S/C21H32N4O2/c26-20(22-15-9-3-1-4-10-15)18-17-13-7-8-14-25(17)19(24-18)21(27)23-16-11-5-2-6-12-16/h15-16H,1-14H2,(H,22,26)(H,23,27). The van der Waals surface area contributed by atoms with Crippen LogP contribution >= 0.6 is 0 Å². The van der Waals surface area contributed by atoms with Gasteiger partial charge in [0.05, 0.1) is 5.69 Å². The number of imidazole rings is 1. The van der Waals surface area contributed by atoms with Crippen molar-refractivity contribution in [1.82, 2.24) is 20.2 Å². The van der Waals surface area contributed by atoms with Crippen molar-refractivity contribution in [3.63, 3.8) is 0 Å². The van der Waals surface area contributed by atoms with E-state index in [1.807, 2.05) is 4.57 Å². The van der Waals surface area contributed by atoms with Crippen LogP contribution in [0.1, 0.15) is 104 Å². The summed E-state index contributed by atoms with van der Waals surface area (Å²) >= 11 is 0. The van der Waals surface area contributed by atoms with E-state index < -0.39 is 0 Å². The molecule has 4 rings (SSSR count). The molecule has 2 aliphatic carbocycles. The van der Waals surface area contributed by atoms with E-state index in [2.05, 4.69) is 15.6 Å². The van der Waals surface area contributed by atoms with E-state index in [1.54, 1.807) is 0 Å². The highest BCUT2D eigenvalue weighted by molar-refractivity contribution is 5.97. The number of aromatic nitrogens is 2. The lowest BCUT2D eigenvalue weighted by Crippen LogP contribution is -2.38. The molecule has 6 nitrogen and oxygen atoms in total. The Morgan fingerprint density at radius 1 is 0.778 bits per heavy atom. The van der Waals surface area contributed by atoms with E-state index in [-0.39, 0.29) is 23.9 Å². The van der Waals surface area contributed by atoms with Gasteiger partial charge in [0.15, 0.2) is 5.82 Å². The first kappa shape index (κ1) is 18.5. The first-order chi connectivity index (χ1) is 13.2. The third-order valence-electron chi connectivity index (χ3n) is 6.42. The number of amides is 2. The summed E-state index contributed by atoms with van der Waals surface area (Å²) in [6.45, 7) is 0.784. The Kier molecular flexibility index (Phi) is 5.79. The van der Waals surface area contributed by atoms with E-state index >= 15 is 0 Å². The van der Waals surface area contributed by atoms with E-state index in [9.17, 15) is 9.59 Å². The molecule has 0 bridgehead atoms. The Balaban J connectivity index is 1.51. The summed E-state index contributed by atoms with van der Waals surface area (Å²) in [5.41, 5.74) is 1.43. The molecule has 2 heterocycles. The zero-order chi connectivity index (χ0) is 18.6. The van der Waals surface area contributed by atoms with Crippen LogP contribution in [-0.4, -0.2) is 33.4 Å². The molecule has 0 aromatic carbocycles. The Bertz CT molecular complexity index is 628. The maximum atomic E-state index is 12.9. The number of carbonyl (C=O) groups excluding carboxylic acids is 2. The fraction of sp³-hybridized carbons (Fsp3) is 0.762. The molecule has 2 N–H and O–H groups in total. The summed E-state index contributed by atoms with van der Waals surface area (Å²) < 4.78 is 2.00. The lowest BCUT2D eigenvalue weighted by atomic mass is 9.95. The van der Waals surface area contributed by atoms with Gasteiger partial charge >= 0.3 is 0 Å². The molecule has 0 spiro atoms. The number of nitrogens with zero attached hydrogens (tertiary/aromatic N) is 2. The lowest BCUT2D eigenvalue weighted by Gasteiger charge is -2.23. The summed E-state index contributed by atoms with van der Waals surface area (Å²) in [5, 5.41) is 6.34. The monoisotopic (exact) mass is 372 g/mol. The molecule has 0 unspecified atom stereocenters. The van der Waals surface area contributed by atoms with Crippen LogP contribution in [0.15, 0.2) is 0 Å². The van der Waals surface area contributed by atoms with Gasteiger partial charge in [-0.25, -0.2) is 4.98 Å². The third-order valence-corrected chi connectivity index (χ3v) is 6.42. The number of carbonyl (C=O) groups is 2. The highest BCUT2D eigenvalue weighted by Crippen LogP contribution is 2.24. The second-order valence-corrected chi connectivity index (χ2v) is 8.46. The largest absolute Gasteiger partial charge is 0.348 e. The number of rotatable bonds is 4. The van der Waals surface area contributed by atoms with Crippen LogP contribution in [0.25, 0.3) is 0 Å². The molecule has 0 atom stereocenters. The molecule has 3 aliphatic rings. The van der Waals surface area contributed by atoms with Gasteiger partial charge < -0.3 is 15.2 Å². The highest BCUT2D eigenvalue weighted by Gasteiger charge is 2.29. The number of hydrogen-bond donors (Lipinski definition) is 2. The van der Waals surface area contributed by atoms with E-state index in [0.717, 1.165) is 57.2 Å². The predicted octanol–water partition coefficient (Wildman–Crippen LogP) is 3.34. The molecular formula is C21H32N4O2. The van der Waals surface area contributed by atoms with Crippen molar-refractivity contribution >= 4 is 11.8 Å². The molecule has 0 saturated heterocycles. The number of fused-ring (bicyclic) bond motifs is 1. The zero-order valence-electron chi connectivity index (χ0n) is 16.3. The van der Waals surface area contributed by atoms with E-state index in [0.29, 0.717) is 11.5 Å². The molecule has 6 heteroatoms. The highest BCUT2D eigenvalue weighted by atomic mass is 16.2. The molecule has 1 aromatic heterocycles. The molecular weight excluding hydrogens is 340 g/mol. The minimum Gasteiger partial charge on any atom is -0.348 e. The van der Waals surface area contributed by atoms with Crippen molar-refractivity contribution in [3.8, 4) is 0 Å². The average Bonchev–Trinajstić information content (AvgIpc) is 3.09. The maximum Gasteiger partial charge on any atom is 0.287 e. The van der Waals surface area contributed by atoms with Crippen LogP contribution in [-0.2, 0) is 13.0 Å². The van der Waals surface area contributed by atoms with E-state index in [4.69, 9.17) is 0 Å². The van der Waals surface area contributed by atoms with Gasteiger partial charge in [0.1, 0.15) is 5.69 Å². The van der Waals surface area contributed by atoms with Crippen molar-refractivity contribution in [3.05, 3.63) is 17.2 Å². The van der Waals surface area contributed by atoms with Gasteiger partial charge in [-0.1, -0.05) is 38.5 Å². The van der Waals surface area contributed by atoms with Crippen molar-refractivity contribution in [2.24, 2.45) is 0 Å². The molecule has 2 amide bonds. The van der Waals surface area contributed by atoms with Crippen molar-refractivity contribution < 1.29 is 9.59 Å². The van der Waals surface area contributed by atoms with Gasteiger partial charge in [-0.2, -0.15) is 0 Å². The van der Waals surface area contributed by atoms with Crippen LogP contribution in [0.5, 0.6) is 0 Å². The summed E-state index contributed by atoms with van der Waals surface area (Å²) in [6.07, 6.45) is 14.4. The van der Waals surface area contributed by atoms with Gasteiger partial charge in [-0.05, 0) is 44.9 Å². The number of nitrogens with one attached hydrogen (secondary N) is 2. The summed E-state index contributed by atoms with van der Waals surface area (Å²) in [7, 11) is 0. The van der Waals surface area contributed by atoms with Crippen molar-refractivity contribution in [2.75, 3.05) is 0 Å². The number of hydrogen-bond acceptors (Lipinski definition) is 3. The summed E-state index contributed by atoms with van der Waals surface area (Å²) in [5.74, 6) is 0.232. The second-order valence-electron chi connectivity index (χ2n) is 8.46. The Hall–Kier alpha value is -1.85. The van der Waals surface area contributed by atoms with Crippen molar-refractivity contribution in [1.29, 1.82) is 0 Å². The minimum absolute atomic E-state index is 0.0933. The van der Waals surface area contributed by atoms with Gasteiger partial charge in [-0.15, -0.1) is 0 Å². The molecule has 27 heavy (non-hydrogen) atoms. The van der Waals surface area contributed by atoms with Crippen LogP contribution in [0, 0.1) is 0 Å². The van der Waals surface area contributed by atoms with E-state index in [1.165, 1.54) is 38.5 Å². The fourth-order valence-corrected chi connectivity index (χ4v) is 4.90. The van der Waals surface area contributed by atoms with Crippen LogP contribution in [0.3, 0.4) is 0 Å². The molecule has 2 fully saturated rings. The molecule has 0 radical (unpaired) electrons. The van der Waals surface area contributed by atoms with Crippen LogP contribution in [0.4, 0.5) is 0 Å². The van der Waals surface area contributed by atoms with Gasteiger partial charge in [0, 0.05) is 18.6 Å². The van der Waals surface area contributed by atoms with Crippen LogP contribution < -0.4 is 10.6 Å². The smallest absolute Gasteiger partial charge is 0.287 e. The molecule has 148 valence electrons. The second kappa shape index (κ2) is 8.44. The third kappa shape index (κ3) is 4.19. The topological polar surface area (TPSA) is 76.0 Å². The predicted molar refractivity (Wildman–Crippen MR) is 104 cm³/mol. The Morgan fingerprint density at radius 2 is 1.37 bits per heavy atom. The Morgan fingerprint density at radius 3 is 2.00 bits per heavy atom. The fourth-order valence-electron chi connectivity index (χ4n) is 4.90. The normalized spacial score (nSPS) is 21.5. The summed E-state index contributed by atoms with van der Waals surface area (Å²) in [4.78, 5) is 30.3. The van der Waals surface area contributed by atoms with Gasteiger partial charge in [-0.3, -0.25) is 9.59 Å². The minimum atomic E-state index is -0.109. The van der Waals surface area contributed by atoms with Gasteiger partial charge in [0.25, 0.3) is 11.8 Å². The van der Waals surface area contributed by atoms with Crippen LogP contribution in [0.2, 0.25) is 0 Å². The first-order valence-electron chi connectivity index (χ1n) is 10.9. The maximum absolute atomic E-state index is 12.9. The SMILES string of the molecule is O=C(NC1CCCCC1)c1nc(C(=O)NC2CCCCC2)n2c1CCCC2. The summed E-state index contributed by atoms with van der Waals surface area (Å²) in [6, 6.07) is 0.508. The Labute approximate surface area is 161 Å². The molecule has 1 aliphatic heterocycles. The molecule has 1 aromatic rings. The zero-order valence-corrected chi connectivity index (χ0v) is 16.3. The van der Waals surface area contributed by atoms with Gasteiger partial charge in [0.2, 0.25) is 0 Å². The quantitative estimate of drug-likeness (QED) is 0.851. The first-order valence-corrected chi connectivity index (χ1v) is 10.9. The molecule has 2 saturated carbocycles.